The van der Waals surface area contributed by atoms with Crippen LogP contribution in [0.15, 0.2) is 121 Å². The normalized spacial score (nSPS) is 20.4. The Kier molecular flexibility index (Phi) is 1.46. The van der Waals surface area contributed by atoms with E-state index in [1.807, 2.05) is 0 Å². The lowest BCUT2D eigenvalue weighted by Gasteiger charge is -2.18. The minimum atomic E-state index is -0.816. The highest BCUT2D eigenvalue weighted by Crippen LogP contribution is 2.44. The molecule has 0 heterocycles. The Morgan fingerprint density at radius 1 is 0.353 bits per heavy atom. The molecule has 0 radical (unpaired) electrons. The van der Waals surface area contributed by atoms with E-state index in [1.165, 1.54) is 0 Å². The summed E-state index contributed by atoms with van der Waals surface area (Å²) < 4.78 is 177. The van der Waals surface area contributed by atoms with E-state index in [2.05, 4.69) is 0 Å². The van der Waals surface area contributed by atoms with E-state index in [9.17, 15) is 6.85 Å². The predicted octanol–water partition coefficient (Wildman–Crippen LogP) is 9.71. The molecule has 0 aromatic heterocycles. The van der Waals surface area contributed by atoms with Gasteiger partial charge in [0.1, 0.15) is 0 Å². The van der Waals surface area contributed by atoms with Crippen molar-refractivity contribution in [1.82, 2.24) is 0 Å². The fourth-order valence-corrected chi connectivity index (χ4v) is 4.56. The molecule has 0 aliphatic rings. The van der Waals surface area contributed by atoms with Crippen LogP contribution in [-0.2, 0) is 0 Å². The van der Waals surface area contributed by atoms with Crippen LogP contribution >= 0.6 is 0 Å². The van der Waals surface area contributed by atoms with Gasteiger partial charge in [0.25, 0.3) is 0 Å². The third-order valence-corrected chi connectivity index (χ3v) is 6.00. The van der Waals surface area contributed by atoms with Crippen molar-refractivity contribution in [3.8, 4) is 11.1 Å². The van der Waals surface area contributed by atoms with E-state index in [0.29, 0.717) is 0 Å². The fourth-order valence-electron chi connectivity index (χ4n) is 4.56. The first kappa shape index (κ1) is 7.55. The van der Waals surface area contributed by atoms with Crippen molar-refractivity contribution in [2.24, 2.45) is 0 Å². The van der Waals surface area contributed by atoms with Crippen molar-refractivity contribution in [3.63, 3.8) is 0 Å². The smallest absolute Gasteiger partial charge is 0.0616 e. The van der Waals surface area contributed by atoms with Crippen LogP contribution < -0.4 is 0 Å². The van der Waals surface area contributed by atoms with E-state index in [1.54, 1.807) is 0 Å². The maximum absolute atomic E-state index is 9.41. The quantitative estimate of drug-likeness (QED) is 0.173. The van der Waals surface area contributed by atoms with Crippen LogP contribution in [0, 0.1) is 0 Å². The average molecular weight is 449 g/mol. The number of benzene rings is 8. The Morgan fingerprint density at radius 2 is 0.941 bits per heavy atom. The van der Waals surface area contributed by atoms with E-state index in [4.69, 9.17) is 20.6 Å². The molecule has 0 spiro atoms. The highest BCUT2D eigenvalue weighted by Gasteiger charge is 2.16. The van der Waals surface area contributed by atoms with Gasteiger partial charge in [0.15, 0.2) is 0 Å². The molecule has 0 aliphatic heterocycles. The van der Waals surface area contributed by atoms with Crippen molar-refractivity contribution in [3.05, 3.63) is 121 Å². The maximum atomic E-state index is 9.41. The van der Waals surface area contributed by atoms with Gasteiger partial charge in [-0.3, -0.25) is 0 Å². The summed E-state index contributed by atoms with van der Waals surface area (Å²) in [5, 5.41) is -4.78. The lowest BCUT2D eigenvalue weighted by atomic mass is 9.85. The van der Waals surface area contributed by atoms with Gasteiger partial charge < -0.3 is 0 Å². The van der Waals surface area contributed by atoms with Crippen molar-refractivity contribution >= 4 is 64.6 Å². The molecule has 0 saturated heterocycles. The second-order valence-corrected chi connectivity index (χ2v) is 7.75. The summed E-state index contributed by atoms with van der Waals surface area (Å²) >= 11 is 0. The molecule has 8 aromatic rings. The lowest BCUT2D eigenvalue weighted by Crippen LogP contribution is -1.90. The van der Waals surface area contributed by atoms with Crippen LogP contribution in [0.3, 0.4) is 0 Å². The Hall–Kier alpha value is -4.42. The molecular weight excluding hydrogens is 408 g/mol. The Bertz CT molecular complexity index is 3120. The molecule has 0 bridgehead atoms. The molecule has 0 saturated carbocycles. The Labute approximate surface area is 225 Å². The summed E-state index contributed by atoms with van der Waals surface area (Å²) in [6, 6.07) is -14.7. The molecule has 0 atom stereocenters. The van der Waals surface area contributed by atoms with E-state index >= 15 is 0 Å². The van der Waals surface area contributed by atoms with Gasteiger partial charge in [0, 0.05) is 0 Å². The molecule has 8 aromatic carbocycles. The van der Waals surface area contributed by atoms with Gasteiger partial charge in [0.2, 0.25) is 0 Å². The van der Waals surface area contributed by atoms with Crippen LogP contribution in [0.5, 0.6) is 0 Å². The first-order valence-electron chi connectivity index (χ1n) is 20.2. The first-order valence-corrected chi connectivity index (χ1v) is 10.2. The number of fused-ring (bicyclic) bond motifs is 4. The zero-order valence-electron chi connectivity index (χ0n) is 37.0. The number of hydrogen-bond acceptors (Lipinski definition) is 0. The largest absolute Gasteiger partial charge is 0.0636 e. The van der Waals surface area contributed by atoms with Crippen molar-refractivity contribution < 1.29 is 27.4 Å². The maximum Gasteiger partial charge on any atom is 0.0636 e. The summed E-state index contributed by atoms with van der Waals surface area (Å²) in [7, 11) is 0. The van der Waals surface area contributed by atoms with Crippen LogP contribution in [0.4, 0.5) is 0 Å². The van der Waals surface area contributed by atoms with Crippen LogP contribution in [0.2, 0.25) is 0 Å². The molecule has 0 nitrogen and oxygen atoms in total. The molecule has 34 heavy (non-hydrogen) atoms. The van der Waals surface area contributed by atoms with Gasteiger partial charge in [-0.25, -0.2) is 0 Å². The molecule has 156 valence electrons. The predicted molar refractivity (Wildman–Crippen MR) is 148 cm³/mol. The molecule has 0 heteroatoms. The Morgan fingerprint density at radius 3 is 1.79 bits per heavy atom. The van der Waals surface area contributed by atoms with Crippen LogP contribution in [0.1, 0.15) is 27.4 Å². The monoisotopic (exact) mass is 448 g/mol. The molecule has 0 aliphatic carbocycles. The highest BCUT2D eigenvalue weighted by molar-refractivity contribution is 6.28. The standard InChI is InChI=1S/C34H20/c1-3-10-26-21(6-1)14-17-30-31(26)20-25-7-2-4-11-27(25)34(30)29-19-16-24-13-12-22-8-5-9-23-15-18-28(29)33(24)32(22)23/h1-20H/i1D,2D,3D,4D,5D,6D,7D,8D,9D,10D,11D,12D,13D,14D,15D,16D,17D,18D,19D,20D. The lowest BCUT2D eigenvalue weighted by molar-refractivity contribution is 1.73. The fraction of sp³-hybridized carbons (Fsp3) is 0. The summed E-state index contributed by atoms with van der Waals surface area (Å²) in [6.45, 7) is 0. The van der Waals surface area contributed by atoms with Gasteiger partial charge in [0.05, 0.1) is 27.4 Å². The zero-order chi connectivity index (χ0) is 39.6. The van der Waals surface area contributed by atoms with Crippen molar-refractivity contribution in [1.29, 1.82) is 0 Å². The SMILES string of the molecule is [2H]c1c([2H])c([2H])c2c([2H])c3c(c([2H])c([2H])c4c([2H])c([2H])c([2H])c([2H])c43)c(-c3c([2H])c([2H])c4c([2H])c([2H])c5c([2H])c([2H])c([2H])c6c([2H])c([2H])c3c4c56)c2c1[2H]. The van der Waals surface area contributed by atoms with Gasteiger partial charge in [-0.15, -0.1) is 0 Å². The molecule has 0 N–H and O–H groups in total. The topological polar surface area (TPSA) is 0 Å². The molecule has 0 fully saturated rings. The number of hydrogen-bond donors (Lipinski definition) is 0. The summed E-state index contributed by atoms with van der Waals surface area (Å²) in [4.78, 5) is 0. The van der Waals surface area contributed by atoms with Crippen LogP contribution in [-0.4, -0.2) is 0 Å². The third kappa shape index (κ3) is 2.32. The highest BCUT2D eigenvalue weighted by atomic mass is 14.2. The summed E-state index contributed by atoms with van der Waals surface area (Å²) in [5.74, 6) is 0. The summed E-state index contributed by atoms with van der Waals surface area (Å²) in [6.07, 6.45) is 0. The molecule has 0 amide bonds. The van der Waals surface area contributed by atoms with E-state index in [0.717, 1.165) is 0 Å². The second kappa shape index (κ2) is 6.56. The van der Waals surface area contributed by atoms with Crippen molar-refractivity contribution in [2.45, 2.75) is 0 Å². The molecule has 8 rings (SSSR count). The first-order chi connectivity index (χ1) is 25.2. The van der Waals surface area contributed by atoms with Crippen molar-refractivity contribution in [2.75, 3.05) is 0 Å². The number of rotatable bonds is 1. The van der Waals surface area contributed by atoms with Gasteiger partial charge in [-0.05, 0) is 81.8 Å². The Balaban J connectivity index is 1.85. The van der Waals surface area contributed by atoms with E-state index < -0.39 is 170 Å². The van der Waals surface area contributed by atoms with Gasteiger partial charge in [-0.1, -0.05) is 115 Å². The average Bonchev–Trinajstić information content (AvgIpc) is 3.13. The second-order valence-electron chi connectivity index (χ2n) is 7.75. The molecular formula is C34H20. The van der Waals surface area contributed by atoms with Gasteiger partial charge >= 0.3 is 0 Å². The summed E-state index contributed by atoms with van der Waals surface area (Å²) in [5.41, 5.74) is -1.01. The minimum absolute atomic E-state index is 0.206. The minimum Gasteiger partial charge on any atom is -0.0616 e. The molecule has 0 unspecified atom stereocenters. The van der Waals surface area contributed by atoms with Crippen LogP contribution in [0.25, 0.3) is 75.8 Å². The third-order valence-electron chi connectivity index (χ3n) is 6.00. The van der Waals surface area contributed by atoms with Gasteiger partial charge in [-0.2, -0.15) is 0 Å². The zero-order valence-corrected chi connectivity index (χ0v) is 17.0. The van der Waals surface area contributed by atoms with E-state index in [-0.39, 0.29) is 26.9 Å².